The van der Waals surface area contributed by atoms with E-state index in [4.69, 9.17) is 11.6 Å². The summed E-state index contributed by atoms with van der Waals surface area (Å²) in [6.45, 7) is 8.64. The lowest BCUT2D eigenvalue weighted by Crippen LogP contribution is -1.98. The van der Waals surface area contributed by atoms with Crippen LogP contribution in [0.4, 0.5) is 0 Å². The monoisotopic (exact) mass is 263 g/mol. The number of hydrogen-bond donors (Lipinski definition) is 0. The molecule has 0 saturated carbocycles. The standard InChI is InChI=1S/C16H22ClN/c1-5-6-15(12(2)3)11-18-13(4)14-7-9-16(17)10-8-14/h6-13H,5H2,1-4H3/b15-6+,18-11?. The van der Waals surface area contributed by atoms with Gasteiger partial charge >= 0.3 is 0 Å². The molecule has 2 heteroatoms. The van der Waals surface area contributed by atoms with Crippen LogP contribution in [0.3, 0.4) is 0 Å². The summed E-state index contributed by atoms with van der Waals surface area (Å²) in [5, 5.41) is 0.767. The Balaban J connectivity index is 2.77. The lowest BCUT2D eigenvalue weighted by molar-refractivity contribution is 0.786. The highest BCUT2D eigenvalue weighted by Gasteiger charge is 2.04. The smallest absolute Gasteiger partial charge is 0.0720 e. The zero-order valence-electron chi connectivity index (χ0n) is 11.7. The Labute approximate surface area is 116 Å². The number of hydrogen-bond acceptors (Lipinski definition) is 1. The van der Waals surface area contributed by atoms with Gasteiger partial charge in [-0.15, -0.1) is 0 Å². The van der Waals surface area contributed by atoms with Crippen LogP contribution in [0, 0.1) is 5.92 Å². The normalized spacial score (nSPS) is 14.4. The molecule has 0 fully saturated rings. The summed E-state index contributed by atoms with van der Waals surface area (Å²) in [5.41, 5.74) is 2.49. The maximum atomic E-state index is 5.88. The Bertz CT molecular complexity index is 415. The van der Waals surface area contributed by atoms with Crippen LogP contribution in [0.25, 0.3) is 0 Å². The highest BCUT2D eigenvalue weighted by Crippen LogP contribution is 2.19. The molecule has 1 aromatic carbocycles. The Morgan fingerprint density at radius 1 is 1.22 bits per heavy atom. The van der Waals surface area contributed by atoms with Gasteiger partial charge in [0, 0.05) is 11.2 Å². The molecular formula is C16H22ClN. The molecule has 0 radical (unpaired) electrons. The number of nitrogens with zero attached hydrogens (tertiary/aromatic N) is 1. The first kappa shape index (κ1) is 15.0. The van der Waals surface area contributed by atoms with Crippen molar-refractivity contribution >= 4 is 17.8 Å². The summed E-state index contributed by atoms with van der Waals surface area (Å²) >= 11 is 5.88. The van der Waals surface area contributed by atoms with Gasteiger partial charge in [0.25, 0.3) is 0 Å². The summed E-state index contributed by atoms with van der Waals surface area (Å²) in [6.07, 6.45) is 5.30. The van der Waals surface area contributed by atoms with E-state index in [1.807, 2.05) is 30.5 Å². The zero-order chi connectivity index (χ0) is 13.5. The van der Waals surface area contributed by atoms with E-state index in [0.29, 0.717) is 5.92 Å². The lowest BCUT2D eigenvalue weighted by atomic mass is 10.0. The molecule has 0 saturated heterocycles. The van der Waals surface area contributed by atoms with Gasteiger partial charge in [-0.1, -0.05) is 50.6 Å². The second-order valence-corrected chi connectivity index (χ2v) is 5.21. The second-order valence-electron chi connectivity index (χ2n) is 4.77. The topological polar surface area (TPSA) is 12.4 Å². The molecule has 18 heavy (non-hydrogen) atoms. The molecule has 0 amide bonds. The Morgan fingerprint density at radius 2 is 1.83 bits per heavy atom. The van der Waals surface area contributed by atoms with Gasteiger partial charge in [0.05, 0.1) is 6.04 Å². The van der Waals surface area contributed by atoms with E-state index in [2.05, 4.69) is 38.8 Å². The summed E-state index contributed by atoms with van der Waals surface area (Å²) in [6, 6.07) is 8.05. The molecular weight excluding hydrogens is 242 g/mol. The predicted octanol–water partition coefficient (Wildman–Crippen LogP) is 5.46. The van der Waals surface area contributed by atoms with Gasteiger partial charge in [0.2, 0.25) is 0 Å². The van der Waals surface area contributed by atoms with Crippen molar-refractivity contribution in [2.45, 2.75) is 40.2 Å². The lowest BCUT2D eigenvalue weighted by Gasteiger charge is -2.09. The molecule has 98 valence electrons. The van der Waals surface area contributed by atoms with Gasteiger partial charge in [-0.05, 0) is 42.5 Å². The highest BCUT2D eigenvalue weighted by molar-refractivity contribution is 6.30. The molecule has 1 nitrogen and oxygen atoms in total. The highest BCUT2D eigenvalue weighted by atomic mass is 35.5. The minimum Gasteiger partial charge on any atom is -0.285 e. The van der Waals surface area contributed by atoms with Crippen molar-refractivity contribution in [2.75, 3.05) is 0 Å². The predicted molar refractivity (Wildman–Crippen MR) is 81.6 cm³/mol. The van der Waals surface area contributed by atoms with Crippen molar-refractivity contribution in [3.8, 4) is 0 Å². The third kappa shape index (κ3) is 4.66. The SMILES string of the molecule is CC/C=C(\C=NC(C)c1ccc(Cl)cc1)C(C)C. The minimum atomic E-state index is 0.168. The van der Waals surface area contributed by atoms with Crippen LogP contribution in [-0.4, -0.2) is 6.21 Å². The van der Waals surface area contributed by atoms with Gasteiger partial charge in [-0.25, -0.2) is 0 Å². The number of benzene rings is 1. The number of allylic oxidation sites excluding steroid dienone is 2. The van der Waals surface area contributed by atoms with Crippen LogP contribution in [0.1, 0.15) is 45.7 Å². The molecule has 0 aromatic heterocycles. The van der Waals surface area contributed by atoms with Crippen LogP contribution in [0.5, 0.6) is 0 Å². The first-order valence-corrected chi connectivity index (χ1v) is 6.91. The molecule has 1 rings (SSSR count). The molecule has 1 aromatic rings. The van der Waals surface area contributed by atoms with E-state index in [0.717, 1.165) is 11.4 Å². The molecule has 0 aliphatic rings. The first-order valence-electron chi connectivity index (χ1n) is 6.53. The largest absolute Gasteiger partial charge is 0.285 e. The number of aliphatic imine (C=N–C) groups is 1. The van der Waals surface area contributed by atoms with Crippen molar-refractivity contribution in [2.24, 2.45) is 10.9 Å². The average Bonchev–Trinajstić information content (AvgIpc) is 2.34. The van der Waals surface area contributed by atoms with Crippen LogP contribution >= 0.6 is 11.6 Å². The number of rotatable bonds is 5. The Morgan fingerprint density at radius 3 is 2.33 bits per heavy atom. The average molecular weight is 264 g/mol. The fourth-order valence-corrected chi connectivity index (χ4v) is 1.82. The van der Waals surface area contributed by atoms with Gasteiger partial charge in [0.15, 0.2) is 0 Å². The van der Waals surface area contributed by atoms with Crippen molar-refractivity contribution in [3.05, 3.63) is 46.5 Å². The van der Waals surface area contributed by atoms with Gasteiger partial charge < -0.3 is 0 Å². The molecule has 0 bridgehead atoms. The molecule has 1 unspecified atom stereocenters. The third-order valence-corrected chi connectivity index (χ3v) is 3.16. The minimum absolute atomic E-state index is 0.168. The van der Waals surface area contributed by atoms with Crippen molar-refractivity contribution < 1.29 is 0 Å². The van der Waals surface area contributed by atoms with E-state index in [1.54, 1.807) is 0 Å². The first-order chi connectivity index (χ1) is 8.54. The van der Waals surface area contributed by atoms with E-state index < -0.39 is 0 Å². The van der Waals surface area contributed by atoms with Crippen molar-refractivity contribution in [3.63, 3.8) is 0 Å². The van der Waals surface area contributed by atoms with Crippen LogP contribution in [0.2, 0.25) is 5.02 Å². The molecule has 0 aliphatic carbocycles. The van der Waals surface area contributed by atoms with E-state index in [1.165, 1.54) is 11.1 Å². The maximum absolute atomic E-state index is 5.88. The van der Waals surface area contributed by atoms with Crippen molar-refractivity contribution in [1.82, 2.24) is 0 Å². The van der Waals surface area contributed by atoms with Crippen LogP contribution in [0.15, 0.2) is 40.9 Å². The Hall–Kier alpha value is -1.08. The summed E-state index contributed by atoms with van der Waals surface area (Å²) in [5.74, 6) is 0.520. The van der Waals surface area contributed by atoms with E-state index in [9.17, 15) is 0 Å². The van der Waals surface area contributed by atoms with E-state index in [-0.39, 0.29) is 6.04 Å². The molecule has 0 N–H and O–H groups in total. The summed E-state index contributed by atoms with van der Waals surface area (Å²) in [4.78, 5) is 4.63. The molecule has 0 aliphatic heterocycles. The number of halogens is 1. The van der Waals surface area contributed by atoms with E-state index >= 15 is 0 Å². The fraction of sp³-hybridized carbons (Fsp3) is 0.438. The summed E-state index contributed by atoms with van der Waals surface area (Å²) < 4.78 is 0. The van der Waals surface area contributed by atoms with Crippen molar-refractivity contribution in [1.29, 1.82) is 0 Å². The Kier molecular flexibility index (Phi) is 6.14. The summed E-state index contributed by atoms with van der Waals surface area (Å²) in [7, 11) is 0. The van der Waals surface area contributed by atoms with Gasteiger partial charge in [-0.2, -0.15) is 0 Å². The molecule has 1 atom stereocenters. The fourth-order valence-electron chi connectivity index (χ4n) is 1.70. The van der Waals surface area contributed by atoms with Crippen LogP contribution < -0.4 is 0 Å². The molecule has 0 heterocycles. The molecule has 0 spiro atoms. The second kappa shape index (κ2) is 7.38. The zero-order valence-corrected chi connectivity index (χ0v) is 12.4. The van der Waals surface area contributed by atoms with Gasteiger partial charge in [0.1, 0.15) is 0 Å². The maximum Gasteiger partial charge on any atom is 0.0720 e. The van der Waals surface area contributed by atoms with Gasteiger partial charge in [-0.3, -0.25) is 4.99 Å². The quantitative estimate of drug-likeness (QED) is 0.625. The van der Waals surface area contributed by atoms with Crippen LogP contribution in [-0.2, 0) is 0 Å². The third-order valence-electron chi connectivity index (χ3n) is 2.91.